The molecule has 0 radical (unpaired) electrons. The van der Waals surface area contributed by atoms with Gasteiger partial charge in [0.1, 0.15) is 23.4 Å². The molecule has 8 nitrogen and oxygen atoms in total. The van der Waals surface area contributed by atoms with Gasteiger partial charge >= 0.3 is 0 Å². The van der Waals surface area contributed by atoms with Crippen LogP contribution in [-0.4, -0.2) is 61.1 Å². The third kappa shape index (κ3) is 7.98. The predicted octanol–water partition coefficient (Wildman–Crippen LogP) is 2.46. The standard InChI is InChI=1S/C21H29F2N3O5S2/c1-4-5-6-7-18(27)19(28)16(10-13-8-14(22)11-15(23)9-13)24-20(29)17-12-32-21(25-17)26(2)33(3,30)31/h8-9,11-12,16,18-19,27-28H,4-7,10H2,1-3H3,(H,24,29). The number of anilines is 1. The first-order valence-corrected chi connectivity index (χ1v) is 13.2. The fourth-order valence-electron chi connectivity index (χ4n) is 3.18. The summed E-state index contributed by atoms with van der Waals surface area (Å²) in [5, 5.41) is 25.1. The summed E-state index contributed by atoms with van der Waals surface area (Å²) in [6, 6.07) is 1.80. The molecule has 1 amide bonds. The van der Waals surface area contributed by atoms with E-state index in [4.69, 9.17) is 0 Å². The van der Waals surface area contributed by atoms with Crippen molar-refractivity contribution in [2.75, 3.05) is 17.6 Å². The molecule has 1 heterocycles. The predicted molar refractivity (Wildman–Crippen MR) is 123 cm³/mol. The first-order chi connectivity index (χ1) is 15.4. The van der Waals surface area contributed by atoms with Crippen molar-refractivity contribution in [1.29, 1.82) is 0 Å². The molecule has 2 rings (SSSR count). The van der Waals surface area contributed by atoms with Gasteiger partial charge in [-0.2, -0.15) is 0 Å². The van der Waals surface area contributed by atoms with E-state index in [-0.39, 0.29) is 22.8 Å². The monoisotopic (exact) mass is 505 g/mol. The van der Waals surface area contributed by atoms with Crippen molar-refractivity contribution in [1.82, 2.24) is 10.3 Å². The van der Waals surface area contributed by atoms with Crippen molar-refractivity contribution < 1.29 is 32.2 Å². The molecule has 3 unspecified atom stereocenters. The number of hydrogen-bond donors (Lipinski definition) is 3. The van der Waals surface area contributed by atoms with Crippen LogP contribution in [0.1, 0.15) is 48.7 Å². The summed E-state index contributed by atoms with van der Waals surface area (Å²) in [5.41, 5.74) is 0.0991. The molecule has 184 valence electrons. The summed E-state index contributed by atoms with van der Waals surface area (Å²) in [6.45, 7) is 1.99. The maximum Gasteiger partial charge on any atom is 0.271 e. The summed E-state index contributed by atoms with van der Waals surface area (Å²) in [7, 11) is -2.27. The molecule has 1 aromatic heterocycles. The number of aliphatic hydroxyl groups excluding tert-OH is 2. The molecule has 2 aromatic rings. The van der Waals surface area contributed by atoms with Crippen LogP contribution in [0.5, 0.6) is 0 Å². The van der Waals surface area contributed by atoms with Crippen molar-refractivity contribution in [2.45, 2.75) is 57.3 Å². The summed E-state index contributed by atoms with van der Waals surface area (Å²) in [5.74, 6) is -2.33. The first kappa shape index (κ1) is 27.1. The van der Waals surface area contributed by atoms with Crippen molar-refractivity contribution >= 4 is 32.4 Å². The molecule has 33 heavy (non-hydrogen) atoms. The Morgan fingerprint density at radius 2 is 1.85 bits per heavy atom. The second kappa shape index (κ2) is 11.8. The van der Waals surface area contributed by atoms with Gasteiger partial charge in [-0.25, -0.2) is 26.5 Å². The Labute approximate surface area is 196 Å². The Hall–Kier alpha value is -2.15. The van der Waals surface area contributed by atoms with Crippen LogP contribution in [0.15, 0.2) is 23.6 Å². The van der Waals surface area contributed by atoms with Gasteiger partial charge in [-0.1, -0.05) is 26.2 Å². The minimum atomic E-state index is -3.57. The molecule has 12 heteroatoms. The fraction of sp³-hybridized carbons (Fsp3) is 0.524. The zero-order valence-corrected chi connectivity index (χ0v) is 20.3. The van der Waals surface area contributed by atoms with Gasteiger partial charge in [0.2, 0.25) is 10.0 Å². The van der Waals surface area contributed by atoms with E-state index in [0.29, 0.717) is 18.9 Å². The second-order valence-electron chi connectivity index (χ2n) is 7.86. The molecule has 0 bridgehead atoms. The summed E-state index contributed by atoms with van der Waals surface area (Å²) < 4.78 is 51.6. The third-order valence-corrected chi connectivity index (χ3v) is 7.30. The number of nitrogens with zero attached hydrogens (tertiary/aromatic N) is 2. The van der Waals surface area contributed by atoms with Gasteiger partial charge in [0.25, 0.3) is 5.91 Å². The van der Waals surface area contributed by atoms with Crippen LogP contribution in [0.25, 0.3) is 0 Å². The number of hydrogen-bond acceptors (Lipinski definition) is 7. The van der Waals surface area contributed by atoms with E-state index in [1.165, 1.54) is 12.4 Å². The van der Waals surface area contributed by atoms with E-state index in [1.54, 1.807) is 0 Å². The lowest BCUT2D eigenvalue weighted by molar-refractivity contribution is -0.00835. The number of sulfonamides is 1. The minimum Gasteiger partial charge on any atom is -0.390 e. The Kier molecular flexibility index (Phi) is 9.70. The maximum absolute atomic E-state index is 13.6. The van der Waals surface area contributed by atoms with Crippen molar-refractivity contribution in [3.63, 3.8) is 0 Å². The van der Waals surface area contributed by atoms with Gasteiger partial charge in [0, 0.05) is 18.5 Å². The number of carbonyl (C=O) groups excluding carboxylic acids is 1. The second-order valence-corrected chi connectivity index (χ2v) is 10.7. The number of unbranched alkanes of at least 4 members (excludes halogenated alkanes) is 2. The summed E-state index contributed by atoms with van der Waals surface area (Å²) in [6.07, 6.45) is 1.00. The third-order valence-electron chi connectivity index (χ3n) is 5.10. The molecular weight excluding hydrogens is 476 g/mol. The Balaban J connectivity index is 2.23. The van der Waals surface area contributed by atoms with Crippen LogP contribution in [0.4, 0.5) is 13.9 Å². The zero-order chi connectivity index (χ0) is 24.8. The highest BCUT2D eigenvalue weighted by molar-refractivity contribution is 7.92. The van der Waals surface area contributed by atoms with Gasteiger partial charge < -0.3 is 15.5 Å². The fourth-order valence-corrected chi connectivity index (χ4v) is 4.72. The smallest absolute Gasteiger partial charge is 0.271 e. The normalized spacial score (nSPS) is 14.5. The highest BCUT2D eigenvalue weighted by atomic mass is 32.2. The quantitative estimate of drug-likeness (QED) is 0.381. The topological polar surface area (TPSA) is 120 Å². The lowest BCUT2D eigenvalue weighted by Gasteiger charge is -2.28. The number of aromatic nitrogens is 1. The lowest BCUT2D eigenvalue weighted by Crippen LogP contribution is -2.50. The molecule has 0 aliphatic heterocycles. The average Bonchev–Trinajstić information content (AvgIpc) is 3.21. The Morgan fingerprint density at radius 1 is 1.21 bits per heavy atom. The van der Waals surface area contributed by atoms with Crippen LogP contribution in [-0.2, 0) is 16.4 Å². The van der Waals surface area contributed by atoms with E-state index in [9.17, 15) is 32.2 Å². The van der Waals surface area contributed by atoms with Crippen LogP contribution in [0.2, 0.25) is 0 Å². The Morgan fingerprint density at radius 3 is 2.42 bits per heavy atom. The highest BCUT2D eigenvalue weighted by Crippen LogP contribution is 2.22. The van der Waals surface area contributed by atoms with E-state index >= 15 is 0 Å². The number of carbonyl (C=O) groups is 1. The van der Waals surface area contributed by atoms with Gasteiger partial charge in [0.15, 0.2) is 5.13 Å². The van der Waals surface area contributed by atoms with Gasteiger partial charge in [-0.3, -0.25) is 4.79 Å². The molecular formula is C21H29F2N3O5S2. The molecule has 0 aliphatic rings. The molecule has 0 saturated carbocycles. The van der Waals surface area contributed by atoms with Crippen LogP contribution >= 0.6 is 11.3 Å². The van der Waals surface area contributed by atoms with Crippen molar-refractivity contribution in [3.05, 3.63) is 46.5 Å². The number of aliphatic hydroxyl groups is 2. The molecule has 0 aliphatic carbocycles. The van der Waals surface area contributed by atoms with Gasteiger partial charge in [0.05, 0.1) is 18.4 Å². The lowest BCUT2D eigenvalue weighted by atomic mass is 9.94. The van der Waals surface area contributed by atoms with E-state index < -0.39 is 45.8 Å². The first-order valence-electron chi connectivity index (χ1n) is 10.4. The van der Waals surface area contributed by atoms with Crippen molar-refractivity contribution in [2.24, 2.45) is 0 Å². The SMILES string of the molecule is CCCCCC(O)C(O)C(Cc1cc(F)cc(F)c1)NC(=O)c1csc(N(C)S(C)(=O)=O)n1. The van der Waals surface area contributed by atoms with Gasteiger partial charge in [-0.05, 0) is 30.5 Å². The largest absolute Gasteiger partial charge is 0.390 e. The molecule has 3 N–H and O–H groups in total. The number of amides is 1. The molecule has 3 atom stereocenters. The Bertz CT molecular complexity index is 1030. The molecule has 0 spiro atoms. The van der Waals surface area contributed by atoms with Crippen LogP contribution < -0.4 is 9.62 Å². The minimum absolute atomic E-state index is 0.0755. The number of benzene rings is 1. The number of thiazole rings is 1. The molecule has 0 saturated heterocycles. The summed E-state index contributed by atoms with van der Waals surface area (Å²) in [4.78, 5) is 16.8. The van der Waals surface area contributed by atoms with Crippen LogP contribution in [0, 0.1) is 11.6 Å². The summed E-state index contributed by atoms with van der Waals surface area (Å²) >= 11 is 0.940. The van der Waals surface area contributed by atoms with E-state index in [0.717, 1.165) is 46.9 Å². The molecule has 0 fully saturated rings. The average molecular weight is 506 g/mol. The number of rotatable bonds is 12. The van der Waals surface area contributed by atoms with Crippen molar-refractivity contribution in [3.8, 4) is 0 Å². The molecule has 1 aromatic carbocycles. The van der Waals surface area contributed by atoms with Gasteiger partial charge in [-0.15, -0.1) is 11.3 Å². The number of halogens is 2. The number of nitrogens with one attached hydrogen (secondary N) is 1. The van der Waals surface area contributed by atoms with Crippen LogP contribution in [0.3, 0.4) is 0 Å². The highest BCUT2D eigenvalue weighted by Gasteiger charge is 2.29. The maximum atomic E-state index is 13.6. The zero-order valence-electron chi connectivity index (χ0n) is 18.7. The van der Waals surface area contributed by atoms with E-state index in [1.807, 2.05) is 6.92 Å². The van der Waals surface area contributed by atoms with E-state index in [2.05, 4.69) is 10.3 Å².